The van der Waals surface area contributed by atoms with E-state index < -0.39 is 10.0 Å². The van der Waals surface area contributed by atoms with Gasteiger partial charge in [0.05, 0.1) is 18.1 Å². The number of nitrogens with zero attached hydrogens (tertiary/aromatic N) is 2. The molecule has 0 saturated carbocycles. The number of rotatable bonds is 8. The minimum absolute atomic E-state index is 0.129. The Kier molecular flexibility index (Phi) is 7.58. The average molecular weight is 473 g/mol. The second-order valence-corrected chi connectivity index (χ2v) is 11.2. The van der Waals surface area contributed by atoms with Crippen LogP contribution in [-0.4, -0.2) is 70.8 Å². The van der Waals surface area contributed by atoms with Crippen LogP contribution < -0.4 is 14.9 Å². The molecule has 0 atom stereocenters. The zero-order valence-electron chi connectivity index (χ0n) is 19.7. The fourth-order valence-electron chi connectivity index (χ4n) is 4.57. The minimum atomic E-state index is -3.57. The summed E-state index contributed by atoms with van der Waals surface area (Å²) >= 11 is 0. The van der Waals surface area contributed by atoms with Gasteiger partial charge in [-0.25, -0.2) is 8.42 Å². The first-order valence-electron chi connectivity index (χ1n) is 11.8. The summed E-state index contributed by atoms with van der Waals surface area (Å²) in [6.07, 6.45) is 2.20. The number of ether oxygens (including phenoxy) is 1. The molecule has 0 spiro atoms. The van der Waals surface area contributed by atoms with E-state index in [1.54, 1.807) is 30.3 Å². The molecule has 8 heteroatoms. The number of nitrogens with one attached hydrogen (secondary N) is 2. The van der Waals surface area contributed by atoms with Gasteiger partial charge in [-0.1, -0.05) is 18.2 Å². The van der Waals surface area contributed by atoms with E-state index in [0.29, 0.717) is 11.7 Å². The first-order valence-corrected chi connectivity index (χ1v) is 13.3. The Morgan fingerprint density at radius 2 is 1.58 bits per heavy atom. The summed E-state index contributed by atoms with van der Waals surface area (Å²) in [7, 11) is -3.57. The molecule has 2 aromatic carbocycles. The van der Waals surface area contributed by atoms with Gasteiger partial charge in [0.2, 0.25) is 0 Å². The Morgan fingerprint density at radius 1 is 0.939 bits per heavy atom. The van der Waals surface area contributed by atoms with Crippen molar-refractivity contribution in [2.24, 2.45) is 0 Å². The summed E-state index contributed by atoms with van der Waals surface area (Å²) in [5, 5.41) is 3.80. The van der Waals surface area contributed by atoms with E-state index in [-0.39, 0.29) is 10.4 Å². The smallest absolute Gasteiger partial charge is 0.261 e. The highest BCUT2D eigenvalue weighted by molar-refractivity contribution is 7.92. The van der Waals surface area contributed by atoms with Crippen molar-refractivity contribution in [1.29, 1.82) is 0 Å². The third-order valence-electron chi connectivity index (χ3n) is 6.72. The summed E-state index contributed by atoms with van der Waals surface area (Å²) in [4.78, 5) is 5.16. The van der Waals surface area contributed by atoms with Gasteiger partial charge in [0.1, 0.15) is 0 Å². The maximum Gasteiger partial charge on any atom is 0.261 e. The number of anilines is 2. The third-order valence-corrected chi connectivity index (χ3v) is 8.12. The Hall–Kier alpha value is -2.13. The summed E-state index contributed by atoms with van der Waals surface area (Å²) in [6.45, 7) is 11.3. The number of sulfonamides is 1. The van der Waals surface area contributed by atoms with Crippen molar-refractivity contribution in [2.75, 3.05) is 55.6 Å². The van der Waals surface area contributed by atoms with Gasteiger partial charge in [0.25, 0.3) is 10.0 Å². The lowest BCUT2D eigenvalue weighted by atomic mass is 9.99. The topological polar surface area (TPSA) is 73.9 Å². The molecule has 2 heterocycles. The molecule has 7 nitrogen and oxygen atoms in total. The van der Waals surface area contributed by atoms with Crippen molar-refractivity contribution < 1.29 is 13.2 Å². The molecule has 0 amide bonds. The molecule has 2 N–H and O–H groups in total. The fourth-order valence-corrected chi connectivity index (χ4v) is 5.65. The number of piperidine rings is 1. The maximum atomic E-state index is 12.5. The molecule has 4 rings (SSSR count). The standard InChI is InChI=1S/C25H36N4O3S/c1-25(2,29-16-18-32-19-17-29)20-26-21-12-14-28(15-13-21)23-10-8-22(9-11-23)27-33(30,31)24-6-4-3-5-7-24/h3-11,21,26-27H,12-20H2,1-2H3. The van der Waals surface area contributed by atoms with Gasteiger partial charge >= 0.3 is 0 Å². The van der Waals surface area contributed by atoms with E-state index in [2.05, 4.69) is 33.7 Å². The maximum absolute atomic E-state index is 12.5. The molecule has 33 heavy (non-hydrogen) atoms. The molecule has 0 aliphatic carbocycles. The number of hydrogen-bond donors (Lipinski definition) is 2. The molecule has 2 saturated heterocycles. The summed E-state index contributed by atoms with van der Waals surface area (Å²) in [6, 6.07) is 16.6. The van der Waals surface area contributed by atoms with Gasteiger partial charge in [0, 0.05) is 55.7 Å². The second kappa shape index (κ2) is 10.4. The predicted molar refractivity (Wildman–Crippen MR) is 133 cm³/mol. The van der Waals surface area contributed by atoms with Crippen molar-refractivity contribution in [1.82, 2.24) is 10.2 Å². The van der Waals surface area contributed by atoms with E-state index >= 15 is 0 Å². The zero-order chi connectivity index (χ0) is 23.3. The van der Waals surface area contributed by atoms with Gasteiger partial charge in [-0.05, 0) is 63.1 Å². The molecular weight excluding hydrogens is 436 g/mol. The molecule has 0 unspecified atom stereocenters. The minimum Gasteiger partial charge on any atom is -0.379 e. The van der Waals surface area contributed by atoms with Crippen molar-refractivity contribution >= 4 is 21.4 Å². The van der Waals surface area contributed by atoms with Crippen LogP contribution in [0.25, 0.3) is 0 Å². The van der Waals surface area contributed by atoms with Crippen LogP contribution in [0.4, 0.5) is 11.4 Å². The van der Waals surface area contributed by atoms with Crippen LogP contribution in [0, 0.1) is 0 Å². The first kappa shape index (κ1) is 24.0. The lowest BCUT2D eigenvalue weighted by molar-refractivity contribution is -0.0105. The lowest BCUT2D eigenvalue weighted by Crippen LogP contribution is -2.56. The summed E-state index contributed by atoms with van der Waals surface area (Å²) in [5.74, 6) is 0. The number of morpholine rings is 1. The van der Waals surface area contributed by atoms with Crippen LogP contribution in [0.15, 0.2) is 59.5 Å². The SMILES string of the molecule is CC(C)(CNC1CCN(c2ccc(NS(=O)(=O)c3ccccc3)cc2)CC1)N1CCOCC1. The fraction of sp³-hybridized carbons (Fsp3) is 0.520. The largest absolute Gasteiger partial charge is 0.379 e. The predicted octanol–water partition coefficient (Wildman–Crippen LogP) is 3.16. The first-order chi connectivity index (χ1) is 15.8. The molecule has 180 valence electrons. The second-order valence-electron chi connectivity index (χ2n) is 9.52. The van der Waals surface area contributed by atoms with E-state index in [4.69, 9.17) is 4.74 Å². The van der Waals surface area contributed by atoms with Crippen molar-refractivity contribution in [3.63, 3.8) is 0 Å². The van der Waals surface area contributed by atoms with Crippen LogP contribution in [0.2, 0.25) is 0 Å². The van der Waals surface area contributed by atoms with Crippen molar-refractivity contribution in [2.45, 2.75) is 43.2 Å². The molecule has 0 bridgehead atoms. The highest BCUT2D eigenvalue weighted by Crippen LogP contribution is 2.24. The summed E-state index contributed by atoms with van der Waals surface area (Å²) in [5.41, 5.74) is 1.83. The Morgan fingerprint density at radius 3 is 2.21 bits per heavy atom. The van der Waals surface area contributed by atoms with Crippen molar-refractivity contribution in [3.05, 3.63) is 54.6 Å². The lowest BCUT2D eigenvalue weighted by Gasteiger charge is -2.42. The molecule has 0 radical (unpaired) electrons. The number of hydrogen-bond acceptors (Lipinski definition) is 6. The van der Waals surface area contributed by atoms with Gasteiger partial charge in [-0.3, -0.25) is 9.62 Å². The van der Waals surface area contributed by atoms with Gasteiger partial charge in [0.15, 0.2) is 0 Å². The van der Waals surface area contributed by atoms with Crippen LogP contribution >= 0.6 is 0 Å². The molecule has 2 aliphatic heterocycles. The molecule has 2 aromatic rings. The van der Waals surface area contributed by atoms with Crippen LogP contribution in [0.5, 0.6) is 0 Å². The van der Waals surface area contributed by atoms with Crippen LogP contribution in [0.3, 0.4) is 0 Å². The molecule has 2 aliphatic rings. The zero-order valence-corrected chi connectivity index (χ0v) is 20.5. The third kappa shape index (κ3) is 6.26. The Labute approximate surface area is 198 Å². The van der Waals surface area contributed by atoms with E-state index in [9.17, 15) is 8.42 Å². The van der Waals surface area contributed by atoms with E-state index in [1.807, 2.05) is 24.3 Å². The summed E-state index contributed by atoms with van der Waals surface area (Å²) < 4.78 is 33.2. The number of benzene rings is 2. The molecular formula is C25H36N4O3S. The van der Waals surface area contributed by atoms with Crippen LogP contribution in [-0.2, 0) is 14.8 Å². The van der Waals surface area contributed by atoms with Crippen molar-refractivity contribution in [3.8, 4) is 0 Å². The quantitative estimate of drug-likeness (QED) is 0.615. The monoisotopic (exact) mass is 472 g/mol. The van der Waals surface area contributed by atoms with Gasteiger partial charge in [-0.2, -0.15) is 0 Å². The van der Waals surface area contributed by atoms with E-state index in [1.165, 1.54) is 0 Å². The highest BCUT2D eigenvalue weighted by Gasteiger charge is 2.29. The Balaban J connectivity index is 1.26. The van der Waals surface area contributed by atoms with Gasteiger partial charge in [-0.15, -0.1) is 0 Å². The Bertz CT molecular complexity index is 982. The van der Waals surface area contributed by atoms with Gasteiger partial charge < -0.3 is 15.0 Å². The average Bonchev–Trinajstić information content (AvgIpc) is 2.85. The molecule has 0 aromatic heterocycles. The normalized spacial score (nSPS) is 18.9. The highest BCUT2D eigenvalue weighted by atomic mass is 32.2. The van der Waals surface area contributed by atoms with Crippen LogP contribution in [0.1, 0.15) is 26.7 Å². The molecule has 2 fully saturated rings. The van der Waals surface area contributed by atoms with E-state index in [0.717, 1.165) is 64.5 Å².